The number of hydrogen-bond donors (Lipinski definition) is 1. The third-order valence-corrected chi connectivity index (χ3v) is 4.20. The summed E-state index contributed by atoms with van der Waals surface area (Å²) in [6, 6.07) is 10.8. The second-order valence-electron chi connectivity index (χ2n) is 4.34. The van der Waals surface area contributed by atoms with E-state index in [1.54, 1.807) is 23.7 Å². The molecular formula is C15H14FNOS. The van der Waals surface area contributed by atoms with Crippen LogP contribution in [0.15, 0.2) is 47.1 Å². The lowest BCUT2D eigenvalue weighted by Gasteiger charge is -2.13. The van der Waals surface area contributed by atoms with Gasteiger partial charge in [-0.25, -0.2) is 4.39 Å². The van der Waals surface area contributed by atoms with Crippen molar-refractivity contribution in [1.82, 2.24) is 5.32 Å². The summed E-state index contributed by atoms with van der Waals surface area (Å²) < 4.78 is 19.8. The van der Waals surface area contributed by atoms with E-state index in [4.69, 9.17) is 4.42 Å². The minimum absolute atomic E-state index is 0.0282. The molecule has 1 atom stereocenters. The van der Waals surface area contributed by atoms with Gasteiger partial charge in [0.15, 0.2) is 0 Å². The fourth-order valence-electron chi connectivity index (χ4n) is 2.18. The van der Waals surface area contributed by atoms with Crippen LogP contribution in [0.25, 0.3) is 10.1 Å². The van der Waals surface area contributed by atoms with Crippen molar-refractivity contribution in [3.63, 3.8) is 0 Å². The van der Waals surface area contributed by atoms with Gasteiger partial charge < -0.3 is 9.73 Å². The molecule has 19 heavy (non-hydrogen) atoms. The summed E-state index contributed by atoms with van der Waals surface area (Å²) in [6.45, 7) is 2.90. The molecule has 1 N–H and O–H groups in total. The Hall–Kier alpha value is -1.65. The first-order valence-corrected chi connectivity index (χ1v) is 7.05. The highest BCUT2D eigenvalue weighted by Crippen LogP contribution is 2.33. The molecular weight excluding hydrogens is 261 g/mol. The largest absolute Gasteiger partial charge is 0.467 e. The monoisotopic (exact) mass is 275 g/mol. The van der Waals surface area contributed by atoms with Crippen LogP contribution in [0.4, 0.5) is 4.39 Å². The van der Waals surface area contributed by atoms with Gasteiger partial charge in [0.05, 0.1) is 6.26 Å². The number of benzene rings is 1. The van der Waals surface area contributed by atoms with Crippen LogP contribution in [0.5, 0.6) is 0 Å². The molecule has 4 heteroatoms. The van der Waals surface area contributed by atoms with Gasteiger partial charge in [-0.2, -0.15) is 0 Å². The van der Waals surface area contributed by atoms with E-state index in [1.807, 2.05) is 24.3 Å². The topological polar surface area (TPSA) is 25.2 Å². The number of nitrogens with one attached hydrogen (secondary N) is 1. The van der Waals surface area contributed by atoms with Gasteiger partial charge in [0, 0.05) is 9.58 Å². The first-order chi connectivity index (χ1) is 9.28. The van der Waals surface area contributed by atoms with Gasteiger partial charge in [-0.3, -0.25) is 0 Å². The van der Waals surface area contributed by atoms with E-state index < -0.39 is 0 Å². The fourth-order valence-corrected chi connectivity index (χ4v) is 3.31. The highest BCUT2D eigenvalue weighted by molar-refractivity contribution is 7.19. The van der Waals surface area contributed by atoms with Crippen LogP contribution in [-0.4, -0.2) is 6.54 Å². The van der Waals surface area contributed by atoms with Gasteiger partial charge in [-0.1, -0.05) is 6.92 Å². The van der Waals surface area contributed by atoms with Crippen LogP contribution in [0.2, 0.25) is 0 Å². The van der Waals surface area contributed by atoms with Gasteiger partial charge in [-0.15, -0.1) is 11.3 Å². The summed E-state index contributed by atoms with van der Waals surface area (Å²) in [5.41, 5.74) is 0. The average Bonchev–Trinajstić information content (AvgIpc) is 3.04. The van der Waals surface area contributed by atoms with Crippen LogP contribution in [-0.2, 0) is 0 Å². The molecule has 1 unspecified atom stereocenters. The molecule has 0 radical (unpaired) electrons. The molecule has 0 saturated heterocycles. The van der Waals surface area contributed by atoms with E-state index >= 15 is 0 Å². The molecule has 0 amide bonds. The second kappa shape index (κ2) is 5.15. The number of thiophene rings is 1. The Morgan fingerprint density at radius 2 is 2.21 bits per heavy atom. The minimum atomic E-state index is -0.199. The fraction of sp³-hybridized carbons (Fsp3) is 0.200. The maximum absolute atomic E-state index is 13.2. The Labute approximate surface area is 114 Å². The summed E-state index contributed by atoms with van der Waals surface area (Å²) in [6.07, 6.45) is 1.67. The third kappa shape index (κ3) is 2.41. The molecule has 2 nitrogen and oxygen atoms in total. The highest BCUT2D eigenvalue weighted by Gasteiger charge is 2.18. The smallest absolute Gasteiger partial charge is 0.126 e. The SMILES string of the molecule is CCNC(c1ccco1)c1cc2cc(F)ccc2s1. The van der Waals surface area contributed by atoms with Crippen LogP contribution in [0.1, 0.15) is 23.6 Å². The molecule has 0 aliphatic heterocycles. The van der Waals surface area contributed by atoms with Crippen LogP contribution in [0.3, 0.4) is 0 Å². The van der Waals surface area contributed by atoms with Gasteiger partial charge in [0.2, 0.25) is 0 Å². The van der Waals surface area contributed by atoms with E-state index in [0.29, 0.717) is 0 Å². The second-order valence-corrected chi connectivity index (χ2v) is 5.45. The van der Waals surface area contributed by atoms with Crippen LogP contribution >= 0.6 is 11.3 Å². The van der Waals surface area contributed by atoms with Crippen molar-refractivity contribution in [2.24, 2.45) is 0 Å². The maximum atomic E-state index is 13.2. The Bertz CT molecular complexity index is 675. The molecule has 3 rings (SSSR count). The number of fused-ring (bicyclic) bond motifs is 1. The molecule has 0 saturated carbocycles. The molecule has 0 aliphatic rings. The Balaban J connectivity index is 2.05. The molecule has 98 valence electrons. The normalized spacial score (nSPS) is 12.9. The molecule has 0 fully saturated rings. The standard InChI is InChI=1S/C15H14FNOS/c1-2-17-15(12-4-3-7-18-12)14-9-10-8-11(16)5-6-13(10)19-14/h3-9,15,17H,2H2,1H3. The predicted molar refractivity (Wildman–Crippen MR) is 76.0 cm³/mol. The van der Waals surface area contributed by atoms with E-state index in [9.17, 15) is 4.39 Å². The van der Waals surface area contributed by atoms with E-state index in [-0.39, 0.29) is 11.9 Å². The number of rotatable bonds is 4. The van der Waals surface area contributed by atoms with Crippen molar-refractivity contribution < 1.29 is 8.81 Å². The number of halogens is 1. The molecule has 0 bridgehead atoms. The summed E-state index contributed by atoms with van der Waals surface area (Å²) >= 11 is 1.66. The first-order valence-electron chi connectivity index (χ1n) is 6.23. The van der Waals surface area contributed by atoms with Crippen molar-refractivity contribution in [1.29, 1.82) is 0 Å². The average molecular weight is 275 g/mol. The summed E-state index contributed by atoms with van der Waals surface area (Å²) in [4.78, 5) is 1.14. The highest BCUT2D eigenvalue weighted by atomic mass is 32.1. The van der Waals surface area contributed by atoms with Gasteiger partial charge >= 0.3 is 0 Å². The molecule has 3 aromatic rings. The molecule has 0 aliphatic carbocycles. The molecule has 2 heterocycles. The zero-order valence-electron chi connectivity index (χ0n) is 10.5. The Kier molecular flexibility index (Phi) is 3.36. The van der Waals surface area contributed by atoms with Crippen molar-refractivity contribution in [2.75, 3.05) is 6.54 Å². The predicted octanol–water partition coefficient (Wildman–Crippen LogP) is 4.33. The summed E-state index contributed by atoms with van der Waals surface area (Å²) in [7, 11) is 0. The zero-order chi connectivity index (χ0) is 13.2. The lowest BCUT2D eigenvalue weighted by Crippen LogP contribution is -2.20. The van der Waals surface area contributed by atoms with Crippen molar-refractivity contribution in [2.45, 2.75) is 13.0 Å². The number of hydrogen-bond acceptors (Lipinski definition) is 3. The van der Waals surface area contributed by atoms with E-state index in [2.05, 4.69) is 12.2 Å². The van der Waals surface area contributed by atoms with Gasteiger partial charge in [0.1, 0.15) is 17.6 Å². The summed E-state index contributed by atoms with van der Waals surface area (Å²) in [5.74, 6) is 0.684. The maximum Gasteiger partial charge on any atom is 0.126 e. The Morgan fingerprint density at radius 3 is 2.95 bits per heavy atom. The third-order valence-electron chi connectivity index (χ3n) is 3.02. The molecule has 1 aromatic carbocycles. The van der Waals surface area contributed by atoms with E-state index in [0.717, 1.165) is 27.3 Å². The number of furan rings is 1. The van der Waals surface area contributed by atoms with Crippen molar-refractivity contribution in [3.8, 4) is 0 Å². The lowest BCUT2D eigenvalue weighted by molar-refractivity contribution is 0.455. The first kappa shape index (κ1) is 12.4. The van der Waals surface area contributed by atoms with E-state index in [1.165, 1.54) is 6.07 Å². The van der Waals surface area contributed by atoms with Crippen molar-refractivity contribution >= 4 is 21.4 Å². The summed E-state index contributed by atoms with van der Waals surface area (Å²) in [5, 5.41) is 4.34. The van der Waals surface area contributed by atoms with Crippen LogP contribution < -0.4 is 5.32 Å². The lowest BCUT2D eigenvalue weighted by atomic mass is 10.1. The van der Waals surface area contributed by atoms with Gasteiger partial charge in [-0.05, 0) is 48.3 Å². The Morgan fingerprint density at radius 1 is 1.32 bits per heavy atom. The van der Waals surface area contributed by atoms with Crippen molar-refractivity contribution in [3.05, 3.63) is 59.1 Å². The van der Waals surface area contributed by atoms with Gasteiger partial charge in [0.25, 0.3) is 0 Å². The molecule has 2 aromatic heterocycles. The molecule has 0 spiro atoms. The minimum Gasteiger partial charge on any atom is -0.467 e. The quantitative estimate of drug-likeness (QED) is 0.766. The zero-order valence-corrected chi connectivity index (χ0v) is 11.3. The van der Waals surface area contributed by atoms with Crippen LogP contribution in [0, 0.1) is 5.82 Å².